The molecule has 0 aromatic carbocycles. The maximum atomic E-state index is 2.32. The highest BCUT2D eigenvalue weighted by molar-refractivity contribution is 4.84. The molecule has 0 radical (unpaired) electrons. The van der Waals surface area contributed by atoms with Gasteiger partial charge >= 0.3 is 0 Å². The standard InChI is InChI=1S/C10H21N/c1-5-11(4)9-7-6-8-10(2)3/h6,8,10H,5,7,9H2,1-4H3/b8-6-. The van der Waals surface area contributed by atoms with Gasteiger partial charge in [0, 0.05) is 6.54 Å². The molecule has 0 aliphatic heterocycles. The molecular weight excluding hydrogens is 134 g/mol. The lowest BCUT2D eigenvalue weighted by molar-refractivity contribution is 0.360. The summed E-state index contributed by atoms with van der Waals surface area (Å²) in [5.41, 5.74) is 0. The quantitative estimate of drug-likeness (QED) is 0.551. The Bertz CT molecular complexity index is 105. The Hall–Kier alpha value is -0.300. The summed E-state index contributed by atoms with van der Waals surface area (Å²) < 4.78 is 0. The lowest BCUT2D eigenvalue weighted by Crippen LogP contribution is -2.18. The minimum atomic E-state index is 0.696. The van der Waals surface area contributed by atoms with Crippen LogP contribution in [0.3, 0.4) is 0 Å². The molecule has 0 saturated carbocycles. The van der Waals surface area contributed by atoms with Gasteiger partial charge in [0.1, 0.15) is 0 Å². The summed E-state index contributed by atoms with van der Waals surface area (Å²) >= 11 is 0. The van der Waals surface area contributed by atoms with Gasteiger partial charge in [0.25, 0.3) is 0 Å². The fourth-order valence-electron chi connectivity index (χ4n) is 0.821. The van der Waals surface area contributed by atoms with Gasteiger partial charge in [0.2, 0.25) is 0 Å². The van der Waals surface area contributed by atoms with Crippen LogP contribution >= 0.6 is 0 Å². The van der Waals surface area contributed by atoms with E-state index >= 15 is 0 Å². The first-order valence-corrected chi connectivity index (χ1v) is 4.52. The highest BCUT2D eigenvalue weighted by Gasteiger charge is 1.90. The van der Waals surface area contributed by atoms with Crippen molar-refractivity contribution in [3.63, 3.8) is 0 Å². The van der Waals surface area contributed by atoms with Crippen LogP contribution in [0.1, 0.15) is 27.2 Å². The van der Waals surface area contributed by atoms with Gasteiger partial charge in [0.05, 0.1) is 0 Å². The van der Waals surface area contributed by atoms with E-state index in [9.17, 15) is 0 Å². The van der Waals surface area contributed by atoms with E-state index in [2.05, 4.69) is 44.9 Å². The molecule has 0 aromatic rings. The molecule has 0 aromatic heterocycles. The fraction of sp³-hybridized carbons (Fsp3) is 0.800. The zero-order valence-corrected chi connectivity index (χ0v) is 8.30. The molecule has 0 amide bonds. The third-order valence-electron chi connectivity index (χ3n) is 1.74. The summed E-state index contributed by atoms with van der Waals surface area (Å²) in [7, 11) is 2.16. The van der Waals surface area contributed by atoms with Crippen LogP contribution in [0.4, 0.5) is 0 Å². The number of hydrogen-bond acceptors (Lipinski definition) is 1. The first-order valence-electron chi connectivity index (χ1n) is 4.52. The van der Waals surface area contributed by atoms with E-state index in [4.69, 9.17) is 0 Å². The minimum absolute atomic E-state index is 0.696. The molecule has 0 heterocycles. The number of rotatable bonds is 5. The molecule has 0 saturated heterocycles. The smallest absolute Gasteiger partial charge is 0.00127 e. The molecule has 0 N–H and O–H groups in total. The Morgan fingerprint density at radius 1 is 1.36 bits per heavy atom. The minimum Gasteiger partial charge on any atom is -0.306 e. The monoisotopic (exact) mass is 155 g/mol. The highest BCUT2D eigenvalue weighted by Crippen LogP contribution is 1.95. The predicted octanol–water partition coefficient (Wildman–Crippen LogP) is 2.54. The van der Waals surface area contributed by atoms with E-state index in [-0.39, 0.29) is 0 Å². The predicted molar refractivity (Wildman–Crippen MR) is 51.8 cm³/mol. The molecule has 11 heavy (non-hydrogen) atoms. The van der Waals surface area contributed by atoms with Gasteiger partial charge in [-0.05, 0) is 25.9 Å². The van der Waals surface area contributed by atoms with Crippen LogP contribution in [-0.4, -0.2) is 25.0 Å². The molecule has 1 heteroatoms. The second-order valence-corrected chi connectivity index (χ2v) is 3.36. The van der Waals surface area contributed by atoms with Crippen molar-refractivity contribution in [2.24, 2.45) is 5.92 Å². The Morgan fingerprint density at radius 2 is 2.00 bits per heavy atom. The first kappa shape index (κ1) is 10.7. The Morgan fingerprint density at radius 3 is 2.45 bits per heavy atom. The largest absolute Gasteiger partial charge is 0.306 e. The Kier molecular flexibility index (Phi) is 6.24. The lowest BCUT2D eigenvalue weighted by Gasteiger charge is -2.11. The van der Waals surface area contributed by atoms with Gasteiger partial charge in [-0.15, -0.1) is 0 Å². The molecule has 0 spiro atoms. The van der Waals surface area contributed by atoms with Crippen LogP contribution in [0.15, 0.2) is 12.2 Å². The van der Waals surface area contributed by atoms with Gasteiger partial charge < -0.3 is 4.90 Å². The van der Waals surface area contributed by atoms with Gasteiger partial charge in [-0.25, -0.2) is 0 Å². The van der Waals surface area contributed by atoms with Gasteiger partial charge in [0.15, 0.2) is 0 Å². The van der Waals surface area contributed by atoms with Crippen molar-refractivity contribution in [3.8, 4) is 0 Å². The maximum Gasteiger partial charge on any atom is 0.00127 e. The normalized spacial score (nSPS) is 12.2. The van der Waals surface area contributed by atoms with E-state index in [1.807, 2.05) is 0 Å². The Labute approximate surface area is 71.1 Å². The third kappa shape index (κ3) is 7.60. The van der Waals surface area contributed by atoms with E-state index in [1.54, 1.807) is 0 Å². The second kappa shape index (κ2) is 6.41. The second-order valence-electron chi connectivity index (χ2n) is 3.36. The molecule has 0 fully saturated rings. The van der Waals surface area contributed by atoms with Crippen LogP contribution in [0.25, 0.3) is 0 Å². The van der Waals surface area contributed by atoms with Crippen molar-refractivity contribution in [3.05, 3.63) is 12.2 Å². The summed E-state index contributed by atoms with van der Waals surface area (Å²) in [4.78, 5) is 2.32. The number of nitrogens with zero attached hydrogens (tertiary/aromatic N) is 1. The van der Waals surface area contributed by atoms with Crippen LogP contribution in [-0.2, 0) is 0 Å². The molecule has 0 unspecified atom stereocenters. The summed E-state index contributed by atoms with van der Waals surface area (Å²) in [5, 5.41) is 0. The van der Waals surface area contributed by atoms with Crippen LogP contribution in [0.2, 0.25) is 0 Å². The van der Waals surface area contributed by atoms with Crippen molar-refractivity contribution >= 4 is 0 Å². The molecule has 1 nitrogen and oxygen atoms in total. The molecular formula is C10H21N. The topological polar surface area (TPSA) is 3.24 Å². The SMILES string of the molecule is CCN(C)CC/C=C\C(C)C. The van der Waals surface area contributed by atoms with E-state index in [1.165, 1.54) is 13.0 Å². The first-order chi connectivity index (χ1) is 5.16. The lowest BCUT2D eigenvalue weighted by atomic mass is 10.2. The van der Waals surface area contributed by atoms with Crippen molar-refractivity contribution < 1.29 is 0 Å². The Balaban J connectivity index is 3.26. The average Bonchev–Trinajstić information content (AvgIpc) is 1.97. The summed E-state index contributed by atoms with van der Waals surface area (Å²) in [6.45, 7) is 8.93. The summed E-state index contributed by atoms with van der Waals surface area (Å²) in [5.74, 6) is 0.696. The van der Waals surface area contributed by atoms with Crippen molar-refractivity contribution in [1.82, 2.24) is 4.90 Å². The molecule has 0 aliphatic rings. The van der Waals surface area contributed by atoms with Crippen molar-refractivity contribution in [2.75, 3.05) is 20.1 Å². The molecule has 66 valence electrons. The molecule has 0 rings (SSSR count). The molecule has 0 aliphatic carbocycles. The van der Waals surface area contributed by atoms with E-state index in [0.717, 1.165) is 6.54 Å². The van der Waals surface area contributed by atoms with Gasteiger partial charge in [-0.1, -0.05) is 32.9 Å². The maximum absolute atomic E-state index is 2.32. The average molecular weight is 155 g/mol. The number of hydrogen-bond donors (Lipinski definition) is 0. The van der Waals surface area contributed by atoms with Crippen molar-refractivity contribution in [1.29, 1.82) is 0 Å². The van der Waals surface area contributed by atoms with Gasteiger partial charge in [-0.3, -0.25) is 0 Å². The third-order valence-corrected chi connectivity index (χ3v) is 1.74. The van der Waals surface area contributed by atoms with Crippen LogP contribution in [0.5, 0.6) is 0 Å². The van der Waals surface area contributed by atoms with E-state index < -0.39 is 0 Å². The zero-order valence-electron chi connectivity index (χ0n) is 8.30. The van der Waals surface area contributed by atoms with E-state index in [0.29, 0.717) is 5.92 Å². The van der Waals surface area contributed by atoms with Gasteiger partial charge in [-0.2, -0.15) is 0 Å². The van der Waals surface area contributed by atoms with Crippen molar-refractivity contribution in [2.45, 2.75) is 27.2 Å². The van der Waals surface area contributed by atoms with Crippen LogP contribution in [0, 0.1) is 5.92 Å². The summed E-state index contributed by atoms with van der Waals surface area (Å²) in [6.07, 6.45) is 5.73. The summed E-state index contributed by atoms with van der Waals surface area (Å²) in [6, 6.07) is 0. The number of allylic oxidation sites excluding steroid dienone is 1. The highest BCUT2D eigenvalue weighted by atomic mass is 15.1. The zero-order chi connectivity index (χ0) is 8.69. The molecule has 0 atom stereocenters. The molecule has 0 bridgehead atoms. The fourth-order valence-corrected chi connectivity index (χ4v) is 0.821. The van der Waals surface area contributed by atoms with Crippen LogP contribution < -0.4 is 0 Å².